The van der Waals surface area contributed by atoms with E-state index < -0.39 is 20.6 Å². The first kappa shape index (κ1) is 22.0. The lowest BCUT2D eigenvalue weighted by atomic mass is 10.0. The van der Waals surface area contributed by atoms with Crippen LogP contribution in [0.1, 0.15) is 37.3 Å². The van der Waals surface area contributed by atoms with E-state index in [1.165, 1.54) is 24.3 Å². The monoisotopic (exact) mass is 409 g/mol. The molecule has 0 aliphatic heterocycles. The predicted molar refractivity (Wildman–Crippen MR) is 104 cm³/mol. The van der Waals surface area contributed by atoms with Crippen LogP contribution in [0.5, 0.6) is 0 Å². The van der Waals surface area contributed by atoms with Crippen molar-refractivity contribution in [1.29, 1.82) is 0 Å². The van der Waals surface area contributed by atoms with Gasteiger partial charge in [-0.05, 0) is 48.1 Å². The number of aliphatic hydroxyl groups excluding tert-OH is 1. The second-order valence-electron chi connectivity index (χ2n) is 6.83. The van der Waals surface area contributed by atoms with Gasteiger partial charge in [0.05, 0.1) is 15.6 Å². The molecule has 0 radical (unpaired) electrons. The highest BCUT2D eigenvalue weighted by molar-refractivity contribution is 7.91. The minimum atomic E-state index is -3.76. The van der Waals surface area contributed by atoms with Gasteiger partial charge in [-0.2, -0.15) is 0 Å². The number of benzene rings is 2. The van der Waals surface area contributed by atoms with Crippen LogP contribution in [0.4, 0.5) is 10.1 Å². The van der Waals surface area contributed by atoms with Gasteiger partial charge >= 0.3 is 0 Å². The molecular formula is C20H24FNO5S. The summed E-state index contributed by atoms with van der Waals surface area (Å²) in [5.41, 5.74) is 0.645. The van der Waals surface area contributed by atoms with Gasteiger partial charge in [0, 0.05) is 18.7 Å². The smallest absolute Gasteiger partial charge is 0.269 e. The van der Waals surface area contributed by atoms with E-state index in [0.717, 1.165) is 25.0 Å². The number of nitro groups is 1. The Morgan fingerprint density at radius 3 is 2.61 bits per heavy atom. The molecule has 0 aromatic heterocycles. The molecule has 2 aromatic rings. The standard InChI is InChI=1S/C20H24FNO5S/c1-2-3-5-16(13-23)14-28(26,27)20-9-8-18(21)12-17(20)10-15-6-4-7-19(11-15)22(24)25/h4,6-9,11-12,16,23H,2-3,5,10,13-14H2,1H3. The molecule has 0 aliphatic carbocycles. The van der Waals surface area contributed by atoms with Gasteiger partial charge in [0.25, 0.3) is 5.69 Å². The molecule has 1 unspecified atom stereocenters. The van der Waals surface area contributed by atoms with E-state index in [2.05, 4.69) is 0 Å². The molecule has 0 aliphatic rings. The zero-order chi connectivity index (χ0) is 20.7. The van der Waals surface area contributed by atoms with Crippen molar-refractivity contribution < 1.29 is 22.8 Å². The van der Waals surface area contributed by atoms with Crippen molar-refractivity contribution in [3.05, 3.63) is 69.5 Å². The molecule has 1 N–H and O–H groups in total. The maximum atomic E-state index is 13.8. The van der Waals surface area contributed by atoms with E-state index in [1.807, 2.05) is 6.92 Å². The van der Waals surface area contributed by atoms with Gasteiger partial charge in [0.1, 0.15) is 5.82 Å². The Morgan fingerprint density at radius 1 is 1.21 bits per heavy atom. The summed E-state index contributed by atoms with van der Waals surface area (Å²) in [6, 6.07) is 9.28. The van der Waals surface area contributed by atoms with E-state index in [1.54, 1.807) is 6.07 Å². The molecule has 6 nitrogen and oxygen atoms in total. The third kappa shape index (κ3) is 5.84. The summed E-state index contributed by atoms with van der Waals surface area (Å²) < 4.78 is 39.6. The van der Waals surface area contributed by atoms with Crippen molar-refractivity contribution >= 4 is 15.5 Å². The Labute approximate surface area is 164 Å². The topological polar surface area (TPSA) is 97.5 Å². The van der Waals surface area contributed by atoms with E-state index in [9.17, 15) is 28.0 Å². The molecule has 152 valence electrons. The lowest BCUT2D eigenvalue weighted by molar-refractivity contribution is -0.384. The molecule has 0 spiro atoms. The van der Waals surface area contributed by atoms with Crippen molar-refractivity contribution in [3.8, 4) is 0 Å². The highest BCUT2D eigenvalue weighted by atomic mass is 32.2. The van der Waals surface area contributed by atoms with E-state index in [0.29, 0.717) is 12.0 Å². The third-order valence-electron chi connectivity index (χ3n) is 4.55. The first-order chi connectivity index (χ1) is 13.3. The first-order valence-corrected chi connectivity index (χ1v) is 10.8. The Bertz CT molecular complexity index is 930. The molecule has 0 saturated carbocycles. The number of aliphatic hydroxyl groups is 1. The number of halogens is 1. The molecule has 8 heteroatoms. The van der Waals surface area contributed by atoms with Crippen LogP contribution in [0.3, 0.4) is 0 Å². The molecular weight excluding hydrogens is 385 g/mol. The van der Waals surface area contributed by atoms with Crippen LogP contribution in [-0.4, -0.2) is 30.8 Å². The van der Waals surface area contributed by atoms with Crippen molar-refractivity contribution in [2.24, 2.45) is 5.92 Å². The quantitative estimate of drug-likeness (QED) is 0.365. The summed E-state index contributed by atoms with van der Waals surface area (Å²) in [7, 11) is -3.76. The van der Waals surface area contributed by atoms with Gasteiger partial charge in [-0.3, -0.25) is 10.1 Å². The molecule has 28 heavy (non-hydrogen) atoms. The van der Waals surface area contributed by atoms with Gasteiger partial charge in [0.2, 0.25) is 0 Å². The second-order valence-corrected chi connectivity index (χ2v) is 8.83. The van der Waals surface area contributed by atoms with Crippen molar-refractivity contribution in [1.82, 2.24) is 0 Å². The van der Waals surface area contributed by atoms with E-state index in [4.69, 9.17) is 0 Å². The molecule has 2 rings (SSSR count). The molecule has 0 fully saturated rings. The lowest BCUT2D eigenvalue weighted by Crippen LogP contribution is -2.21. The number of unbranched alkanes of at least 4 members (excludes halogenated alkanes) is 1. The number of nitro benzene ring substituents is 1. The summed E-state index contributed by atoms with van der Waals surface area (Å²) in [5.74, 6) is -1.19. The van der Waals surface area contributed by atoms with Crippen LogP contribution in [0.25, 0.3) is 0 Å². The number of sulfone groups is 1. The minimum Gasteiger partial charge on any atom is -0.396 e. The summed E-state index contributed by atoms with van der Waals surface area (Å²) in [6.45, 7) is 1.75. The number of hydrogen-bond acceptors (Lipinski definition) is 5. The zero-order valence-corrected chi connectivity index (χ0v) is 16.5. The summed E-state index contributed by atoms with van der Waals surface area (Å²) in [6.07, 6.45) is 2.34. The van der Waals surface area contributed by atoms with Gasteiger partial charge in [-0.25, -0.2) is 12.8 Å². The van der Waals surface area contributed by atoms with Crippen LogP contribution >= 0.6 is 0 Å². The van der Waals surface area contributed by atoms with Crippen molar-refractivity contribution in [2.75, 3.05) is 12.4 Å². The van der Waals surface area contributed by atoms with Gasteiger partial charge in [-0.15, -0.1) is 0 Å². The van der Waals surface area contributed by atoms with Crippen molar-refractivity contribution in [2.45, 2.75) is 37.5 Å². The third-order valence-corrected chi connectivity index (χ3v) is 6.53. The minimum absolute atomic E-state index is 0.00430. The molecule has 0 heterocycles. The van der Waals surface area contributed by atoms with E-state index in [-0.39, 0.29) is 40.8 Å². The Hall–Kier alpha value is -2.32. The fraction of sp³-hybridized carbons (Fsp3) is 0.400. The predicted octanol–water partition coefficient (Wildman–Crippen LogP) is 3.90. The maximum absolute atomic E-state index is 13.8. The highest BCUT2D eigenvalue weighted by Gasteiger charge is 2.24. The van der Waals surface area contributed by atoms with Gasteiger partial charge < -0.3 is 5.11 Å². The van der Waals surface area contributed by atoms with Crippen LogP contribution < -0.4 is 0 Å². The maximum Gasteiger partial charge on any atom is 0.269 e. The number of nitrogens with zero attached hydrogens (tertiary/aromatic N) is 1. The molecule has 1 atom stereocenters. The van der Waals surface area contributed by atoms with Crippen LogP contribution in [0.15, 0.2) is 47.4 Å². The SMILES string of the molecule is CCCCC(CO)CS(=O)(=O)c1ccc(F)cc1Cc1cccc([N+](=O)[O-])c1. The molecule has 0 amide bonds. The van der Waals surface area contributed by atoms with Gasteiger partial charge in [-0.1, -0.05) is 31.9 Å². The van der Waals surface area contributed by atoms with Crippen LogP contribution in [0.2, 0.25) is 0 Å². The zero-order valence-electron chi connectivity index (χ0n) is 15.7. The fourth-order valence-corrected chi connectivity index (χ4v) is 4.99. The Kier molecular flexibility index (Phi) is 7.65. The Morgan fingerprint density at radius 2 is 1.96 bits per heavy atom. The largest absolute Gasteiger partial charge is 0.396 e. The number of non-ortho nitro benzene ring substituents is 1. The summed E-state index contributed by atoms with van der Waals surface area (Å²) in [4.78, 5) is 10.4. The van der Waals surface area contributed by atoms with Crippen LogP contribution in [0, 0.1) is 21.8 Å². The van der Waals surface area contributed by atoms with E-state index >= 15 is 0 Å². The second kappa shape index (κ2) is 9.75. The Balaban J connectivity index is 2.35. The highest BCUT2D eigenvalue weighted by Crippen LogP contribution is 2.25. The van der Waals surface area contributed by atoms with Crippen LogP contribution in [-0.2, 0) is 16.3 Å². The lowest BCUT2D eigenvalue weighted by Gasteiger charge is -2.16. The number of rotatable bonds is 10. The molecule has 0 bridgehead atoms. The van der Waals surface area contributed by atoms with Gasteiger partial charge in [0.15, 0.2) is 9.84 Å². The molecule has 2 aromatic carbocycles. The summed E-state index contributed by atoms with van der Waals surface area (Å²) >= 11 is 0. The molecule has 0 saturated heterocycles. The first-order valence-electron chi connectivity index (χ1n) is 9.12. The average molecular weight is 409 g/mol. The fourth-order valence-electron chi connectivity index (χ4n) is 3.11. The normalized spacial score (nSPS) is 12.7. The number of hydrogen-bond donors (Lipinski definition) is 1. The van der Waals surface area contributed by atoms with Crippen molar-refractivity contribution in [3.63, 3.8) is 0 Å². The summed E-state index contributed by atoms with van der Waals surface area (Å²) in [5, 5.41) is 20.5. The average Bonchev–Trinajstić information content (AvgIpc) is 2.65.